The first-order chi connectivity index (χ1) is 10.2. The van der Waals surface area contributed by atoms with Gasteiger partial charge in [-0.15, -0.1) is 0 Å². The molecule has 0 saturated carbocycles. The van der Waals surface area contributed by atoms with Crippen molar-refractivity contribution in [2.45, 2.75) is 18.9 Å². The molecule has 5 nitrogen and oxygen atoms in total. The summed E-state index contributed by atoms with van der Waals surface area (Å²) in [6.07, 6.45) is 1.15. The smallest absolute Gasteiger partial charge is 0.250 e. The van der Waals surface area contributed by atoms with Crippen molar-refractivity contribution in [3.8, 4) is 0 Å². The predicted octanol–water partition coefficient (Wildman–Crippen LogP) is 0.788. The SMILES string of the molecule is COCCNC(=S)N1C[C@@H]2C[C@H](C1)c1cccc(=O)n1C2. The van der Waals surface area contributed by atoms with Crippen LogP contribution in [0.2, 0.25) is 0 Å². The Labute approximate surface area is 129 Å². The van der Waals surface area contributed by atoms with Crippen LogP contribution in [0.3, 0.4) is 0 Å². The highest BCUT2D eigenvalue weighted by molar-refractivity contribution is 7.80. The van der Waals surface area contributed by atoms with Crippen molar-refractivity contribution in [2.24, 2.45) is 5.92 Å². The van der Waals surface area contributed by atoms with Crippen LogP contribution >= 0.6 is 12.2 Å². The number of rotatable bonds is 3. The minimum absolute atomic E-state index is 0.122. The maximum absolute atomic E-state index is 12.0. The molecular formula is C15H21N3O2S. The summed E-state index contributed by atoms with van der Waals surface area (Å²) in [5.74, 6) is 0.895. The number of nitrogens with one attached hydrogen (secondary N) is 1. The Balaban J connectivity index is 1.73. The van der Waals surface area contributed by atoms with E-state index in [9.17, 15) is 4.79 Å². The number of piperidine rings is 1. The lowest BCUT2D eigenvalue weighted by molar-refractivity contribution is 0.174. The molecule has 1 aromatic heterocycles. The van der Waals surface area contributed by atoms with Crippen LogP contribution in [0.25, 0.3) is 0 Å². The molecule has 0 radical (unpaired) electrons. The van der Waals surface area contributed by atoms with Crippen molar-refractivity contribution < 1.29 is 4.74 Å². The summed E-state index contributed by atoms with van der Waals surface area (Å²) >= 11 is 5.48. The molecular weight excluding hydrogens is 286 g/mol. The Hall–Kier alpha value is -1.40. The molecule has 1 N–H and O–H groups in total. The van der Waals surface area contributed by atoms with Crippen LogP contribution in [-0.4, -0.2) is 47.9 Å². The minimum Gasteiger partial charge on any atom is -0.383 e. The van der Waals surface area contributed by atoms with Crippen molar-refractivity contribution in [3.05, 3.63) is 34.2 Å². The van der Waals surface area contributed by atoms with Gasteiger partial charge in [0.2, 0.25) is 0 Å². The number of thiocarbonyl (C=S) groups is 1. The first-order valence-corrected chi connectivity index (χ1v) is 7.81. The first-order valence-electron chi connectivity index (χ1n) is 7.40. The molecule has 1 aromatic rings. The number of nitrogens with zero attached hydrogens (tertiary/aromatic N) is 2. The second-order valence-corrected chi connectivity index (χ2v) is 6.21. The third kappa shape index (κ3) is 2.96. The third-order valence-corrected chi connectivity index (χ3v) is 4.75. The molecule has 0 aliphatic carbocycles. The molecule has 6 heteroatoms. The molecule has 21 heavy (non-hydrogen) atoms. The number of methoxy groups -OCH3 is 1. The molecule has 0 aromatic carbocycles. The van der Waals surface area contributed by atoms with E-state index < -0.39 is 0 Å². The van der Waals surface area contributed by atoms with Gasteiger partial charge in [0.05, 0.1) is 6.61 Å². The van der Waals surface area contributed by atoms with E-state index in [0.29, 0.717) is 18.4 Å². The standard InChI is InChI=1S/C15H21N3O2S/c1-20-6-5-16-15(21)17-8-11-7-12(10-17)13-3-2-4-14(19)18(13)9-11/h2-4,11-12H,5-10H2,1H3,(H,16,21)/t11-,12+/m0/s1. The zero-order valence-electron chi connectivity index (χ0n) is 12.2. The molecule has 0 unspecified atom stereocenters. The van der Waals surface area contributed by atoms with Crippen LogP contribution in [0, 0.1) is 5.92 Å². The molecule has 2 atom stereocenters. The van der Waals surface area contributed by atoms with E-state index in [1.807, 2.05) is 10.6 Å². The van der Waals surface area contributed by atoms with Crippen LogP contribution in [0.15, 0.2) is 23.0 Å². The number of hydrogen-bond acceptors (Lipinski definition) is 3. The molecule has 0 spiro atoms. The van der Waals surface area contributed by atoms with Gasteiger partial charge in [-0.3, -0.25) is 4.79 Å². The fourth-order valence-corrected chi connectivity index (χ4v) is 3.69. The lowest BCUT2D eigenvalue weighted by atomic mass is 9.83. The van der Waals surface area contributed by atoms with E-state index >= 15 is 0 Å². The van der Waals surface area contributed by atoms with Gasteiger partial charge in [0.1, 0.15) is 0 Å². The topological polar surface area (TPSA) is 46.5 Å². The molecule has 2 bridgehead atoms. The highest BCUT2D eigenvalue weighted by Crippen LogP contribution is 2.34. The second kappa shape index (κ2) is 6.15. The van der Waals surface area contributed by atoms with E-state index in [1.165, 1.54) is 0 Å². The fourth-order valence-electron chi connectivity index (χ4n) is 3.43. The predicted molar refractivity (Wildman–Crippen MR) is 85.6 cm³/mol. The Kier molecular flexibility index (Phi) is 4.26. The van der Waals surface area contributed by atoms with Gasteiger partial charge in [-0.05, 0) is 30.6 Å². The van der Waals surface area contributed by atoms with Gasteiger partial charge in [0.15, 0.2) is 5.11 Å². The summed E-state index contributed by atoms with van der Waals surface area (Å²) in [4.78, 5) is 14.2. The quantitative estimate of drug-likeness (QED) is 0.661. The van der Waals surface area contributed by atoms with Gasteiger partial charge in [-0.1, -0.05) is 6.07 Å². The van der Waals surface area contributed by atoms with Crippen molar-refractivity contribution in [3.63, 3.8) is 0 Å². The molecule has 1 fully saturated rings. The van der Waals surface area contributed by atoms with Crippen molar-refractivity contribution in [1.82, 2.24) is 14.8 Å². The molecule has 2 aliphatic heterocycles. The summed E-state index contributed by atoms with van der Waals surface area (Å²) in [6, 6.07) is 5.59. The zero-order chi connectivity index (χ0) is 14.8. The summed E-state index contributed by atoms with van der Waals surface area (Å²) in [6.45, 7) is 4.01. The Morgan fingerprint density at radius 2 is 2.29 bits per heavy atom. The van der Waals surface area contributed by atoms with Gasteiger partial charge in [-0.2, -0.15) is 0 Å². The van der Waals surface area contributed by atoms with E-state index in [2.05, 4.69) is 16.3 Å². The van der Waals surface area contributed by atoms with E-state index in [0.717, 1.165) is 43.4 Å². The highest BCUT2D eigenvalue weighted by atomic mass is 32.1. The number of ether oxygens (including phenoxy) is 1. The number of likely N-dealkylation sites (tertiary alicyclic amines) is 1. The molecule has 1 saturated heterocycles. The average Bonchev–Trinajstić information content (AvgIpc) is 2.48. The van der Waals surface area contributed by atoms with Crippen LogP contribution < -0.4 is 10.9 Å². The van der Waals surface area contributed by atoms with E-state index in [-0.39, 0.29) is 5.56 Å². The molecule has 3 heterocycles. The molecule has 0 amide bonds. The molecule has 114 valence electrons. The van der Waals surface area contributed by atoms with Crippen LogP contribution in [0.4, 0.5) is 0 Å². The lowest BCUT2D eigenvalue weighted by Gasteiger charge is -2.43. The lowest BCUT2D eigenvalue weighted by Crippen LogP contribution is -2.52. The van der Waals surface area contributed by atoms with Gasteiger partial charge >= 0.3 is 0 Å². The largest absolute Gasteiger partial charge is 0.383 e. The van der Waals surface area contributed by atoms with Crippen LogP contribution in [-0.2, 0) is 11.3 Å². The van der Waals surface area contributed by atoms with Gasteiger partial charge in [-0.25, -0.2) is 0 Å². The molecule has 3 rings (SSSR count). The van der Waals surface area contributed by atoms with Gasteiger partial charge < -0.3 is 19.5 Å². The summed E-state index contributed by atoms with van der Waals surface area (Å²) in [5.41, 5.74) is 1.28. The maximum atomic E-state index is 12.0. The Morgan fingerprint density at radius 3 is 3.10 bits per heavy atom. The first kappa shape index (κ1) is 14.5. The van der Waals surface area contributed by atoms with Crippen molar-refractivity contribution in [1.29, 1.82) is 0 Å². The third-order valence-electron chi connectivity index (χ3n) is 4.35. The van der Waals surface area contributed by atoms with Crippen molar-refractivity contribution >= 4 is 17.3 Å². The average molecular weight is 307 g/mol. The van der Waals surface area contributed by atoms with E-state index in [4.69, 9.17) is 17.0 Å². The minimum atomic E-state index is 0.122. The monoisotopic (exact) mass is 307 g/mol. The maximum Gasteiger partial charge on any atom is 0.250 e. The Bertz CT molecular complexity index is 587. The number of fused-ring (bicyclic) bond motifs is 4. The normalized spacial score (nSPS) is 23.6. The van der Waals surface area contributed by atoms with Gasteiger partial charge in [0, 0.05) is 51.0 Å². The number of aromatic nitrogens is 1. The summed E-state index contributed by atoms with van der Waals surface area (Å²) in [7, 11) is 1.69. The summed E-state index contributed by atoms with van der Waals surface area (Å²) in [5, 5.41) is 4.04. The molecule has 2 aliphatic rings. The second-order valence-electron chi connectivity index (χ2n) is 5.83. The Morgan fingerprint density at radius 1 is 1.43 bits per heavy atom. The number of hydrogen-bond donors (Lipinski definition) is 1. The van der Waals surface area contributed by atoms with Gasteiger partial charge in [0.25, 0.3) is 5.56 Å². The van der Waals surface area contributed by atoms with E-state index in [1.54, 1.807) is 13.2 Å². The van der Waals surface area contributed by atoms with Crippen molar-refractivity contribution in [2.75, 3.05) is 33.4 Å². The van der Waals surface area contributed by atoms with Crippen LogP contribution in [0.5, 0.6) is 0 Å². The highest BCUT2D eigenvalue weighted by Gasteiger charge is 2.35. The number of pyridine rings is 1. The summed E-state index contributed by atoms with van der Waals surface area (Å²) < 4.78 is 6.98. The fraction of sp³-hybridized carbons (Fsp3) is 0.600. The van der Waals surface area contributed by atoms with Crippen LogP contribution in [0.1, 0.15) is 18.0 Å². The zero-order valence-corrected chi connectivity index (χ0v) is 13.1.